The van der Waals surface area contributed by atoms with E-state index in [2.05, 4.69) is 15.2 Å². The summed E-state index contributed by atoms with van der Waals surface area (Å²) in [5.41, 5.74) is 7.18. The molecule has 2 rings (SSSR count). The molecule has 1 heterocycles. The number of rotatable bonds is 5. The van der Waals surface area contributed by atoms with Crippen molar-refractivity contribution in [2.45, 2.75) is 18.1 Å². The zero-order valence-corrected chi connectivity index (χ0v) is 11.2. The van der Waals surface area contributed by atoms with Crippen LogP contribution in [0.15, 0.2) is 29.4 Å². The van der Waals surface area contributed by atoms with Crippen LogP contribution < -0.4 is 10.5 Å². The molecule has 5 nitrogen and oxygen atoms in total. The molecule has 2 aromatic rings. The van der Waals surface area contributed by atoms with E-state index < -0.39 is 0 Å². The Morgan fingerprint density at radius 3 is 3.00 bits per heavy atom. The van der Waals surface area contributed by atoms with Crippen molar-refractivity contribution in [3.63, 3.8) is 0 Å². The van der Waals surface area contributed by atoms with Crippen LogP contribution >= 0.6 is 11.8 Å². The summed E-state index contributed by atoms with van der Waals surface area (Å²) in [7, 11) is 1.65. The summed E-state index contributed by atoms with van der Waals surface area (Å²) >= 11 is 1.54. The smallest absolute Gasteiger partial charge is 0.208 e. The van der Waals surface area contributed by atoms with Gasteiger partial charge in [-0.1, -0.05) is 23.9 Å². The van der Waals surface area contributed by atoms with Crippen LogP contribution in [0.1, 0.15) is 17.4 Å². The van der Waals surface area contributed by atoms with Gasteiger partial charge in [-0.05, 0) is 24.6 Å². The van der Waals surface area contributed by atoms with E-state index >= 15 is 0 Å². The van der Waals surface area contributed by atoms with Crippen molar-refractivity contribution in [3.05, 3.63) is 35.7 Å². The molecule has 1 atom stereocenters. The second-order valence-electron chi connectivity index (χ2n) is 3.90. The first kappa shape index (κ1) is 12.9. The number of hydrogen-bond donors (Lipinski definition) is 2. The first-order chi connectivity index (χ1) is 8.69. The third kappa shape index (κ3) is 3.24. The van der Waals surface area contributed by atoms with Gasteiger partial charge in [-0.2, -0.15) is 0 Å². The molecule has 1 aromatic heterocycles. The van der Waals surface area contributed by atoms with Gasteiger partial charge in [-0.3, -0.25) is 5.10 Å². The van der Waals surface area contributed by atoms with E-state index in [9.17, 15) is 0 Å². The van der Waals surface area contributed by atoms with E-state index in [0.29, 0.717) is 0 Å². The molecule has 96 valence electrons. The molecule has 0 aliphatic rings. The van der Waals surface area contributed by atoms with Gasteiger partial charge in [0.25, 0.3) is 0 Å². The average Bonchev–Trinajstić information content (AvgIpc) is 2.82. The summed E-state index contributed by atoms with van der Waals surface area (Å²) in [5, 5.41) is 7.60. The third-order valence-electron chi connectivity index (χ3n) is 2.49. The maximum atomic E-state index is 6.13. The van der Waals surface area contributed by atoms with E-state index in [1.165, 1.54) is 11.8 Å². The van der Waals surface area contributed by atoms with Crippen LogP contribution in [0, 0.1) is 6.92 Å². The number of aromatic nitrogens is 3. The van der Waals surface area contributed by atoms with Crippen molar-refractivity contribution in [3.8, 4) is 5.75 Å². The Labute approximate surface area is 110 Å². The largest absolute Gasteiger partial charge is 0.497 e. The zero-order valence-electron chi connectivity index (χ0n) is 10.4. The molecule has 0 bridgehead atoms. The molecular weight excluding hydrogens is 248 g/mol. The summed E-state index contributed by atoms with van der Waals surface area (Å²) < 4.78 is 5.18. The van der Waals surface area contributed by atoms with Gasteiger partial charge in [-0.15, -0.1) is 5.10 Å². The Hall–Kier alpha value is -1.53. The number of nitrogens with zero attached hydrogens (tertiary/aromatic N) is 2. The third-order valence-corrected chi connectivity index (χ3v) is 3.46. The van der Waals surface area contributed by atoms with Crippen LogP contribution in [0.5, 0.6) is 5.75 Å². The molecule has 0 radical (unpaired) electrons. The van der Waals surface area contributed by atoms with Crippen molar-refractivity contribution in [1.82, 2.24) is 15.2 Å². The molecule has 0 fully saturated rings. The lowest BCUT2D eigenvalue weighted by Gasteiger charge is -2.11. The monoisotopic (exact) mass is 264 g/mol. The number of ether oxygens (including phenoxy) is 1. The number of aromatic amines is 1. The van der Waals surface area contributed by atoms with E-state index in [0.717, 1.165) is 28.0 Å². The number of aryl methyl sites for hydroxylation is 1. The van der Waals surface area contributed by atoms with Crippen LogP contribution in [0.4, 0.5) is 0 Å². The molecule has 6 heteroatoms. The van der Waals surface area contributed by atoms with Gasteiger partial charge < -0.3 is 10.5 Å². The lowest BCUT2D eigenvalue weighted by molar-refractivity contribution is 0.414. The highest BCUT2D eigenvalue weighted by Gasteiger charge is 2.09. The minimum absolute atomic E-state index is 0.0658. The normalized spacial score (nSPS) is 12.4. The van der Waals surface area contributed by atoms with Crippen molar-refractivity contribution >= 4 is 11.8 Å². The second kappa shape index (κ2) is 5.88. The van der Waals surface area contributed by atoms with Crippen molar-refractivity contribution in [2.24, 2.45) is 5.73 Å². The Bertz CT molecular complexity index is 514. The Morgan fingerprint density at radius 2 is 2.33 bits per heavy atom. The van der Waals surface area contributed by atoms with E-state index in [1.807, 2.05) is 31.2 Å². The molecule has 0 amide bonds. The van der Waals surface area contributed by atoms with Gasteiger partial charge in [-0.25, -0.2) is 4.98 Å². The van der Waals surface area contributed by atoms with Gasteiger partial charge in [0, 0.05) is 11.8 Å². The molecule has 0 aliphatic heterocycles. The molecular formula is C12H16N4OS. The highest BCUT2D eigenvalue weighted by Crippen LogP contribution is 2.23. The summed E-state index contributed by atoms with van der Waals surface area (Å²) in [5.74, 6) is 2.36. The minimum Gasteiger partial charge on any atom is -0.497 e. The number of benzene rings is 1. The summed E-state index contributed by atoms with van der Waals surface area (Å²) in [6.45, 7) is 1.87. The van der Waals surface area contributed by atoms with Crippen molar-refractivity contribution < 1.29 is 4.74 Å². The first-order valence-corrected chi connectivity index (χ1v) is 6.59. The number of H-pyrrole nitrogens is 1. The highest BCUT2D eigenvalue weighted by molar-refractivity contribution is 7.99. The fraction of sp³-hybridized carbons (Fsp3) is 0.333. The predicted molar refractivity (Wildman–Crippen MR) is 71.8 cm³/mol. The Kier molecular flexibility index (Phi) is 4.22. The van der Waals surface area contributed by atoms with Gasteiger partial charge in [0.05, 0.1) is 7.11 Å². The van der Waals surface area contributed by atoms with Crippen molar-refractivity contribution in [1.29, 1.82) is 0 Å². The standard InChI is InChI=1S/C12H16N4OS/c1-8-14-12(16-15-8)18-7-11(13)9-4-3-5-10(6-9)17-2/h3-6,11H,7,13H2,1-2H3,(H,14,15,16). The quantitative estimate of drug-likeness (QED) is 0.807. The molecule has 1 aromatic carbocycles. The molecule has 0 spiro atoms. The molecule has 0 saturated heterocycles. The van der Waals surface area contributed by atoms with E-state index in [4.69, 9.17) is 10.5 Å². The molecule has 0 saturated carbocycles. The number of hydrogen-bond acceptors (Lipinski definition) is 5. The summed E-state index contributed by atoms with van der Waals surface area (Å²) in [6.07, 6.45) is 0. The predicted octanol–water partition coefficient (Wildman–Crippen LogP) is 1.91. The number of nitrogens with two attached hydrogens (primary N) is 1. The fourth-order valence-electron chi connectivity index (χ4n) is 1.52. The number of methoxy groups -OCH3 is 1. The van der Waals surface area contributed by atoms with Gasteiger partial charge in [0.2, 0.25) is 5.16 Å². The summed E-state index contributed by atoms with van der Waals surface area (Å²) in [6, 6.07) is 7.73. The minimum atomic E-state index is -0.0658. The van der Waals surface area contributed by atoms with Crippen LogP contribution in [0.3, 0.4) is 0 Å². The van der Waals surface area contributed by atoms with Crippen LogP contribution in [-0.4, -0.2) is 28.0 Å². The SMILES string of the molecule is COc1cccc(C(N)CSc2n[nH]c(C)n2)c1. The molecule has 0 aliphatic carbocycles. The Balaban J connectivity index is 1.96. The number of thioether (sulfide) groups is 1. The first-order valence-electron chi connectivity index (χ1n) is 5.60. The fourth-order valence-corrected chi connectivity index (χ4v) is 2.35. The lowest BCUT2D eigenvalue weighted by Crippen LogP contribution is -2.13. The summed E-state index contributed by atoms with van der Waals surface area (Å²) in [4.78, 5) is 4.23. The maximum absolute atomic E-state index is 6.13. The van der Waals surface area contributed by atoms with Gasteiger partial charge >= 0.3 is 0 Å². The van der Waals surface area contributed by atoms with E-state index in [1.54, 1.807) is 7.11 Å². The molecule has 18 heavy (non-hydrogen) atoms. The van der Waals surface area contributed by atoms with E-state index in [-0.39, 0.29) is 6.04 Å². The van der Waals surface area contributed by atoms with Gasteiger partial charge in [0.1, 0.15) is 11.6 Å². The van der Waals surface area contributed by atoms with Crippen molar-refractivity contribution in [2.75, 3.05) is 12.9 Å². The maximum Gasteiger partial charge on any atom is 0.208 e. The Morgan fingerprint density at radius 1 is 1.50 bits per heavy atom. The van der Waals surface area contributed by atoms with Crippen LogP contribution in [-0.2, 0) is 0 Å². The average molecular weight is 264 g/mol. The van der Waals surface area contributed by atoms with Crippen LogP contribution in [0.2, 0.25) is 0 Å². The lowest BCUT2D eigenvalue weighted by atomic mass is 10.1. The highest BCUT2D eigenvalue weighted by atomic mass is 32.2. The zero-order chi connectivity index (χ0) is 13.0. The molecule has 1 unspecified atom stereocenters. The topological polar surface area (TPSA) is 76.8 Å². The molecule has 3 N–H and O–H groups in total. The van der Waals surface area contributed by atoms with Crippen LogP contribution in [0.25, 0.3) is 0 Å². The number of nitrogens with one attached hydrogen (secondary N) is 1. The second-order valence-corrected chi connectivity index (χ2v) is 4.88. The van der Waals surface area contributed by atoms with Gasteiger partial charge in [0.15, 0.2) is 0 Å².